The van der Waals surface area contributed by atoms with E-state index in [-0.39, 0.29) is 37.2 Å². The van der Waals surface area contributed by atoms with E-state index in [1.54, 1.807) is 16.2 Å². The van der Waals surface area contributed by atoms with Crippen molar-refractivity contribution >= 4 is 28.9 Å². The Balaban J connectivity index is 2.03. The average molecular weight is 308 g/mol. The fourth-order valence-corrected chi connectivity index (χ4v) is 3.43. The van der Waals surface area contributed by atoms with Gasteiger partial charge in [0.25, 0.3) is 0 Å². The first kappa shape index (κ1) is 15.7. The zero-order valence-corrected chi connectivity index (χ0v) is 13.5. The van der Waals surface area contributed by atoms with E-state index in [1.165, 1.54) is 4.90 Å². The molecule has 1 aliphatic heterocycles. The van der Waals surface area contributed by atoms with Gasteiger partial charge in [0.1, 0.15) is 6.54 Å². The summed E-state index contributed by atoms with van der Waals surface area (Å²) in [7, 11) is 0. The molecule has 5 nitrogen and oxygen atoms in total. The molecule has 0 aromatic carbocycles. The van der Waals surface area contributed by atoms with Crippen molar-refractivity contribution in [2.45, 2.75) is 27.2 Å². The summed E-state index contributed by atoms with van der Waals surface area (Å²) in [5, 5.41) is 0. The number of carbonyl (C=O) groups is 3. The standard InChI is InChI=1S/C15H20N2O3S/c1-4-5-16-8-15(20)17(9-14(16)19)7-13(18)12-6-10(2)21-11(12)3/h6H,4-5,7-9H2,1-3H3. The van der Waals surface area contributed by atoms with Gasteiger partial charge in [-0.15, -0.1) is 11.3 Å². The van der Waals surface area contributed by atoms with Gasteiger partial charge in [0.2, 0.25) is 11.8 Å². The number of piperazine rings is 1. The molecule has 1 aromatic rings. The van der Waals surface area contributed by atoms with Crippen molar-refractivity contribution in [1.29, 1.82) is 0 Å². The predicted molar refractivity (Wildman–Crippen MR) is 81.6 cm³/mol. The maximum Gasteiger partial charge on any atom is 0.243 e. The minimum absolute atomic E-state index is 0.00669. The Morgan fingerprint density at radius 3 is 2.38 bits per heavy atom. The summed E-state index contributed by atoms with van der Waals surface area (Å²) >= 11 is 1.57. The zero-order chi connectivity index (χ0) is 15.6. The summed E-state index contributed by atoms with van der Waals surface area (Å²) in [5.74, 6) is -0.328. The molecule has 1 fully saturated rings. The third-order valence-corrected chi connectivity index (χ3v) is 4.49. The van der Waals surface area contributed by atoms with Gasteiger partial charge in [0, 0.05) is 21.9 Å². The highest BCUT2D eigenvalue weighted by Gasteiger charge is 2.30. The van der Waals surface area contributed by atoms with Gasteiger partial charge in [-0.05, 0) is 26.3 Å². The number of thiophene rings is 1. The number of ketones is 1. The second-order valence-corrected chi connectivity index (χ2v) is 6.78. The Kier molecular flexibility index (Phi) is 4.77. The summed E-state index contributed by atoms with van der Waals surface area (Å²) in [6.45, 7) is 6.49. The summed E-state index contributed by atoms with van der Waals surface area (Å²) in [6.07, 6.45) is 0.825. The molecule has 6 heteroatoms. The van der Waals surface area contributed by atoms with Crippen LogP contribution in [0.25, 0.3) is 0 Å². The van der Waals surface area contributed by atoms with Crippen LogP contribution in [0.1, 0.15) is 33.5 Å². The van der Waals surface area contributed by atoms with Gasteiger partial charge in [-0.3, -0.25) is 14.4 Å². The Labute approximate surface area is 128 Å². The molecule has 2 heterocycles. The van der Waals surface area contributed by atoms with Gasteiger partial charge >= 0.3 is 0 Å². The fourth-order valence-electron chi connectivity index (χ4n) is 2.49. The number of rotatable bonds is 5. The highest BCUT2D eigenvalue weighted by Crippen LogP contribution is 2.21. The molecule has 0 radical (unpaired) electrons. The summed E-state index contributed by atoms with van der Waals surface area (Å²) < 4.78 is 0. The van der Waals surface area contributed by atoms with Crippen molar-refractivity contribution in [2.24, 2.45) is 0 Å². The van der Waals surface area contributed by atoms with Crippen molar-refractivity contribution in [3.8, 4) is 0 Å². The number of nitrogens with zero attached hydrogens (tertiary/aromatic N) is 2. The second-order valence-electron chi connectivity index (χ2n) is 5.32. The van der Waals surface area contributed by atoms with Gasteiger partial charge < -0.3 is 9.80 Å². The van der Waals surface area contributed by atoms with Gasteiger partial charge in [-0.2, -0.15) is 0 Å². The first-order valence-corrected chi connectivity index (χ1v) is 7.89. The van der Waals surface area contributed by atoms with Crippen LogP contribution in [-0.2, 0) is 9.59 Å². The number of aryl methyl sites for hydroxylation is 2. The Morgan fingerprint density at radius 2 is 1.81 bits per heavy atom. The van der Waals surface area contributed by atoms with Gasteiger partial charge in [-0.1, -0.05) is 6.92 Å². The first-order chi connectivity index (χ1) is 9.92. The number of amides is 2. The molecule has 2 amide bonds. The maximum atomic E-state index is 12.3. The maximum absolute atomic E-state index is 12.3. The second kappa shape index (κ2) is 6.39. The van der Waals surface area contributed by atoms with E-state index >= 15 is 0 Å². The van der Waals surface area contributed by atoms with E-state index in [9.17, 15) is 14.4 Å². The molecule has 21 heavy (non-hydrogen) atoms. The monoisotopic (exact) mass is 308 g/mol. The summed E-state index contributed by atoms with van der Waals surface area (Å²) in [5.41, 5.74) is 0.661. The average Bonchev–Trinajstić information content (AvgIpc) is 2.75. The molecule has 0 atom stereocenters. The van der Waals surface area contributed by atoms with Crippen LogP contribution < -0.4 is 0 Å². The van der Waals surface area contributed by atoms with Crippen LogP contribution >= 0.6 is 11.3 Å². The zero-order valence-electron chi connectivity index (χ0n) is 12.6. The van der Waals surface area contributed by atoms with Crippen LogP contribution in [0.2, 0.25) is 0 Å². The SMILES string of the molecule is CCCN1CC(=O)N(CC(=O)c2cc(C)sc2C)CC1=O. The van der Waals surface area contributed by atoms with Gasteiger partial charge in [0.05, 0.1) is 13.1 Å². The van der Waals surface area contributed by atoms with Crippen LogP contribution in [0.15, 0.2) is 6.07 Å². The third kappa shape index (κ3) is 3.50. The summed E-state index contributed by atoms with van der Waals surface area (Å²) in [6, 6.07) is 1.85. The normalized spacial score (nSPS) is 15.8. The first-order valence-electron chi connectivity index (χ1n) is 7.08. The van der Waals surface area contributed by atoms with E-state index < -0.39 is 0 Å². The van der Waals surface area contributed by atoms with Crippen molar-refractivity contribution in [3.63, 3.8) is 0 Å². The molecule has 114 valence electrons. The minimum Gasteiger partial charge on any atom is -0.332 e. The number of hydrogen-bond donors (Lipinski definition) is 0. The van der Waals surface area contributed by atoms with E-state index in [1.807, 2.05) is 26.8 Å². The van der Waals surface area contributed by atoms with Gasteiger partial charge in [-0.25, -0.2) is 0 Å². The van der Waals surface area contributed by atoms with Gasteiger partial charge in [0.15, 0.2) is 5.78 Å². The quantitative estimate of drug-likeness (QED) is 0.777. The number of Topliss-reactive ketones (excluding diaryl/α,β-unsaturated/α-hetero) is 1. The molecule has 2 rings (SSSR count). The molecule has 0 aliphatic carbocycles. The number of hydrogen-bond acceptors (Lipinski definition) is 4. The predicted octanol–water partition coefficient (Wildman–Crippen LogP) is 1.63. The van der Waals surface area contributed by atoms with E-state index in [0.29, 0.717) is 12.1 Å². The van der Waals surface area contributed by atoms with Crippen molar-refractivity contribution in [2.75, 3.05) is 26.2 Å². The van der Waals surface area contributed by atoms with Crippen LogP contribution in [0.4, 0.5) is 0 Å². The van der Waals surface area contributed by atoms with E-state index in [0.717, 1.165) is 16.2 Å². The summed E-state index contributed by atoms with van der Waals surface area (Å²) in [4.78, 5) is 41.3. The fraction of sp³-hybridized carbons (Fsp3) is 0.533. The molecule has 0 unspecified atom stereocenters. The third-order valence-electron chi connectivity index (χ3n) is 3.53. The van der Waals surface area contributed by atoms with E-state index in [2.05, 4.69) is 0 Å². The molecular weight excluding hydrogens is 288 g/mol. The Morgan fingerprint density at radius 1 is 1.19 bits per heavy atom. The van der Waals surface area contributed by atoms with Crippen LogP contribution in [-0.4, -0.2) is 53.6 Å². The van der Waals surface area contributed by atoms with Crippen molar-refractivity contribution in [1.82, 2.24) is 9.80 Å². The lowest BCUT2D eigenvalue weighted by atomic mass is 10.1. The minimum atomic E-state index is -0.152. The lowest BCUT2D eigenvalue weighted by Gasteiger charge is -2.33. The largest absolute Gasteiger partial charge is 0.332 e. The van der Waals surface area contributed by atoms with Crippen LogP contribution in [0.3, 0.4) is 0 Å². The molecule has 1 aromatic heterocycles. The van der Waals surface area contributed by atoms with Crippen molar-refractivity contribution < 1.29 is 14.4 Å². The molecule has 0 spiro atoms. The van der Waals surface area contributed by atoms with Crippen LogP contribution in [0.5, 0.6) is 0 Å². The molecule has 0 saturated carbocycles. The van der Waals surface area contributed by atoms with Crippen LogP contribution in [0, 0.1) is 13.8 Å². The highest BCUT2D eigenvalue weighted by atomic mass is 32.1. The molecule has 0 N–H and O–H groups in total. The van der Waals surface area contributed by atoms with E-state index in [4.69, 9.17) is 0 Å². The number of carbonyl (C=O) groups excluding carboxylic acids is 3. The lowest BCUT2D eigenvalue weighted by Crippen LogP contribution is -2.54. The highest BCUT2D eigenvalue weighted by molar-refractivity contribution is 7.12. The molecule has 1 saturated heterocycles. The molecule has 0 bridgehead atoms. The lowest BCUT2D eigenvalue weighted by molar-refractivity contribution is -0.149. The Hall–Kier alpha value is -1.69. The van der Waals surface area contributed by atoms with Crippen molar-refractivity contribution in [3.05, 3.63) is 21.4 Å². The smallest absolute Gasteiger partial charge is 0.243 e. The molecule has 1 aliphatic rings. The topological polar surface area (TPSA) is 57.7 Å². The molecular formula is C15H20N2O3S. The Bertz CT molecular complexity index is 579.